The van der Waals surface area contributed by atoms with Crippen LogP contribution in [0.1, 0.15) is 10.4 Å². The zero-order valence-electron chi connectivity index (χ0n) is 11.7. The zero-order chi connectivity index (χ0) is 15.4. The second kappa shape index (κ2) is 6.05. The Labute approximate surface area is 127 Å². The number of aromatic nitrogens is 2. The summed E-state index contributed by atoms with van der Waals surface area (Å²) in [6, 6.07) is 18.0. The molecule has 0 amide bonds. The third-order valence-electron chi connectivity index (χ3n) is 3.29. The number of hydrogen-bond donors (Lipinski definition) is 2. The summed E-state index contributed by atoms with van der Waals surface area (Å²) in [5.41, 5.74) is 9.00. The minimum Gasteiger partial charge on any atom is -0.383 e. The molecule has 0 saturated carbocycles. The highest BCUT2D eigenvalue weighted by Crippen LogP contribution is 2.24. The van der Waals surface area contributed by atoms with E-state index < -0.39 is 0 Å². The van der Waals surface area contributed by atoms with Crippen molar-refractivity contribution in [2.75, 3.05) is 11.1 Å². The lowest BCUT2D eigenvalue weighted by Gasteiger charge is -2.09. The van der Waals surface area contributed by atoms with Crippen LogP contribution < -0.4 is 11.1 Å². The van der Waals surface area contributed by atoms with Crippen molar-refractivity contribution in [2.45, 2.75) is 0 Å². The Morgan fingerprint density at radius 1 is 0.909 bits per heavy atom. The van der Waals surface area contributed by atoms with Gasteiger partial charge in [-0.25, -0.2) is 9.97 Å². The number of nitrogen functional groups attached to an aromatic ring is 1. The van der Waals surface area contributed by atoms with Gasteiger partial charge in [0.25, 0.3) is 0 Å². The van der Waals surface area contributed by atoms with E-state index in [2.05, 4.69) is 27.4 Å². The van der Waals surface area contributed by atoms with Gasteiger partial charge in [0, 0.05) is 5.69 Å². The summed E-state index contributed by atoms with van der Waals surface area (Å²) in [4.78, 5) is 18.9. The van der Waals surface area contributed by atoms with Crippen LogP contribution in [0.5, 0.6) is 0 Å². The molecule has 0 aliphatic heterocycles. The molecule has 108 valence electrons. The summed E-state index contributed by atoms with van der Waals surface area (Å²) in [7, 11) is 0. The number of aldehydes is 1. The molecule has 3 aromatic rings. The van der Waals surface area contributed by atoms with Gasteiger partial charge in [0.15, 0.2) is 6.29 Å². The summed E-state index contributed by atoms with van der Waals surface area (Å²) in [5, 5.41) is 3.08. The van der Waals surface area contributed by atoms with E-state index in [4.69, 9.17) is 5.73 Å². The normalized spacial score (nSPS) is 10.2. The average Bonchev–Trinajstić information content (AvgIpc) is 2.57. The highest BCUT2D eigenvalue weighted by atomic mass is 16.1. The van der Waals surface area contributed by atoms with Gasteiger partial charge in [0.1, 0.15) is 18.0 Å². The number of hydrogen-bond acceptors (Lipinski definition) is 5. The Balaban J connectivity index is 1.86. The van der Waals surface area contributed by atoms with Gasteiger partial charge in [-0.3, -0.25) is 4.79 Å². The van der Waals surface area contributed by atoms with Crippen molar-refractivity contribution in [3.05, 3.63) is 66.5 Å². The molecule has 1 heterocycles. The van der Waals surface area contributed by atoms with Crippen molar-refractivity contribution in [3.63, 3.8) is 0 Å². The van der Waals surface area contributed by atoms with Crippen LogP contribution in [0.4, 0.5) is 17.3 Å². The van der Waals surface area contributed by atoms with Crippen LogP contribution in [-0.4, -0.2) is 16.3 Å². The monoisotopic (exact) mass is 290 g/mol. The highest BCUT2D eigenvalue weighted by Gasteiger charge is 2.08. The van der Waals surface area contributed by atoms with Gasteiger partial charge in [-0.1, -0.05) is 42.5 Å². The first-order chi connectivity index (χ1) is 10.8. The second-order valence-electron chi connectivity index (χ2n) is 4.71. The van der Waals surface area contributed by atoms with E-state index in [0.29, 0.717) is 12.1 Å². The average molecular weight is 290 g/mol. The molecule has 0 bridgehead atoms. The van der Waals surface area contributed by atoms with Crippen LogP contribution in [0.25, 0.3) is 11.1 Å². The molecule has 0 aliphatic carbocycles. The van der Waals surface area contributed by atoms with Crippen LogP contribution in [0.3, 0.4) is 0 Å². The zero-order valence-corrected chi connectivity index (χ0v) is 11.7. The Morgan fingerprint density at radius 2 is 1.59 bits per heavy atom. The van der Waals surface area contributed by atoms with Gasteiger partial charge < -0.3 is 11.1 Å². The Bertz CT molecular complexity index is 786. The molecule has 0 aliphatic rings. The summed E-state index contributed by atoms with van der Waals surface area (Å²) in [5.74, 6) is 0.559. The maximum Gasteiger partial charge on any atom is 0.157 e. The standard InChI is InChI=1S/C17H14N4O/c18-16-15(10-22)17(20-11-19-16)21-14-8-6-13(7-9-14)12-4-2-1-3-5-12/h1-11H,(H3,18,19,20,21). The molecule has 0 radical (unpaired) electrons. The number of nitrogens with one attached hydrogen (secondary N) is 1. The second-order valence-corrected chi connectivity index (χ2v) is 4.71. The summed E-state index contributed by atoms with van der Waals surface area (Å²) >= 11 is 0. The molecule has 3 N–H and O–H groups in total. The number of carbonyl (C=O) groups is 1. The van der Waals surface area contributed by atoms with Crippen LogP contribution in [0.15, 0.2) is 60.9 Å². The Kier molecular flexibility index (Phi) is 3.78. The summed E-state index contributed by atoms with van der Waals surface area (Å²) in [6.45, 7) is 0. The summed E-state index contributed by atoms with van der Waals surface area (Å²) < 4.78 is 0. The molecule has 0 unspecified atom stereocenters. The third-order valence-corrected chi connectivity index (χ3v) is 3.29. The maximum atomic E-state index is 11.1. The Morgan fingerprint density at radius 3 is 2.27 bits per heavy atom. The smallest absolute Gasteiger partial charge is 0.157 e. The van der Waals surface area contributed by atoms with E-state index in [1.165, 1.54) is 6.33 Å². The van der Waals surface area contributed by atoms with E-state index in [1.54, 1.807) is 0 Å². The minimum absolute atomic E-state index is 0.161. The first-order valence-corrected chi connectivity index (χ1v) is 6.76. The van der Waals surface area contributed by atoms with Crippen LogP contribution in [-0.2, 0) is 0 Å². The predicted molar refractivity (Wildman–Crippen MR) is 87.0 cm³/mol. The van der Waals surface area contributed by atoms with Crippen LogP contribution in [0.2, 0.25) is 0 Å². The minimum atomic E-state index is 0.161. The molecule has 0 fully saturated rings. The van der Waals surface area contributed by atoms with Crippen molar-refractivity contribution in [2.24, 2.45) is 0 Å². The number of benzene rings is 2. The van der Waals surface area contributed by atoms with Crippen LogP contribution in [0, 0.1) is 0 Å². The molecule has 0 spiro atoms. The number of nitrogens with zero attached hydrogens (tertiary/aromatic N) is 2. The van der Waals surface area contributed by atoms with E-state index in [0.717, 1.165) is 16.8 Å². The lowest BCUT2D eigenvalue weighted by molar-refractivity contribution is 0.112. The third kappa shape index (κ3) is 2.78. The highest BCUT2D eigenvalue weighted by molar-refractivity contribution is 5.89. The van der Waals surface area contributed by atoms with Gasteiger partial charge in [-0.15, -0.1) is 0 Å². The number of nitrogens with two attached hydrogens (primary N) is 1. The molecular weight excluding hydrogens is 276 g/mol. The molecule has 2 aromatic carbocycles. The van der Waals surface area contributed by atoms with E-state index in [1.807, 2.05) is 42.5 Å². The van der Waals surface area contributed by atoms with Crippen molar-refractivity contribution in [3.8, 4) is 11.1 Å². The maximum absolute atomic E-state index is 11.1. The fourth-order valence-corrected chi connectivity index (χ4v) is 2.14. The van der Waals surface area contributed by atoms with Gasteiger partial charge >= 0.3 is 0 Å². The van der Waals surface area contributed by atoms with E-state index in [-0.39, 0.29) is 11.4 Å². The fraction of sp³-hybridized carbons (Fsp3) is 0. The number of carbonyl (C=O) groups excluding carboxylic acids is 1. The van der Waals surface area contributed by atoms with Crippen molar-refractivity contribution >= 4 is 23.6 Å². The number of rotatable bonds is 4. The first-order valence-electron chi connectivity index (χ1n) is 6.76. The van der Waals surface area contributed by atoms with Crippen molar-refractivity contribution in [1.82, 2.24) is 9.97 Å². The molecule has 3 rings (SSSR count). The van der Waals surface area contributed by atoms with E-state index >= 15 is 0 Å². The largest absolute Gasteiger partial charge is 0.383 e. The fourth-order valence-electron chi connectivity index (χ4n) is 2.14. The van der Waals surface area contributed by atoms with Crippen molar-refractivity contribution in [1.29, 1.82) is 0 Å². The van der Waals surface area contributed by atoms with E-state index in [9.17, 15) is 4.79 Å². The topological polar surface area (TPSA) is 80.9 Å². The molecular formula is C17H14N4O. The molecule has 0 atom stereocenters. The molecule has 5 nitrogen and oxygen atoms in total. The summed E-state index contributed by atoms with van der Waals surface area (Å²) in [6.07, 6.45) is 1.97. The number of anilines is 3. The van der Waals surface area contributed by atoms with Gasteiger partial charge in [-0.2, -0.15) is 0 Å². The lowest BCUT2D eigenvalue weighted by Crippen LogP contribution is -2.04. The molecule has 22 heavy (non-hydrogen) atoms. The SMILES string of the molecule is Nc1ncnc(Nc2ccc(-c3ccccc3)cc2)c1C=O. The predicted octanol–water partition coefficient (Wildman–Crippen LogP) is 3.28. The Hall–Kier alpha value is -3.21. The van der Waals surface area contributed by atoms with Gasteiger partial charge in [-0.05, 0) is 23.3 Å². The first kappa shape index (κ1) is 13.8. The quantitative estimate of drug-likeness (QED) is 0.721. The molecule has 5 heteroatoms. The molecule has 1 aromatic heterocycles. The lowest BCUT2D eigenvalue weighted by atomic mass is 10.1. The van der Waals surface area contributed by atoms with Crippen LogP contribution >= 0.6 is 0 Å². The molecule has 0 saturated heterocycles. The van der Waals surface area contributed by atoms with Crippen molar-refractivity contribution < 1.29 is 4.79 Å². The van der Waals surface area contributed by atoms with Gasteiger partial charge in [0.2, 0.25) is 0 Å². The van der Waals surface area contributed by atoms with Gasteiger partial charge in [0.05, 0.1) is 5.56 Å².